The minimum atomic E-state index is -0.897. The van der Waals surface area contributed by atoms with Crippen LogP contribution in [-0.2, 0) is 9.53 Å². The van der Waals surface area contributed by atoms with Gasteiger partial charge in [-0.25, -0.2) is 8.78 Å². The van der Waals surface area contributed by atoms with Gasteiger partial charge in [-0.1, -0.05) is 6.07 Å². The molecule has 3 rings (SSSR count). The zero-order chi connectivity index (χ0) is 14.1. The van der Waals surface area contributed by atoms with Crippen LogP contribution in [0.4, 0.5) is 8.78 Å². The molecule has 0 radical (unpaired) electrons. The zero-order valence-corrected chi connectivity index (χ0v) is 12.1. The Morgan fingerprint density at radius 3 is 2.67 bits per heavy atom. The second kappa shape index (κ2) is 6.68. The van der Waals surface area contributed by atoms with Crippen molar-refractivity contribution in [2.24, 2.45) is 5.92 Å². The number of hydrogen-bond donors (Lipinski definition) is 2. The number of nitrogens with one attached hydrogen (secondary N) is 2. The third-order valence-corrected chi connectivity index (χ3v) is 3.84. The molecule has 2 fully saturated rings. The smallest absolute Gasteiger partial charge is 0.226 e. The lowest BCUT2D eigenvalue weighted by Crippen LogP contribution is -2.53. The van der Waals surface area contributed by atoms with Crippen LogP contribution in [0.2, 0.25) is 0 Å². The molecule has 7 heteroatoms. The molecule has 2 heterocycles. The molecule has 1 aromatic rings. The summed E-state index contributed by atoms with van der Waals surface area (Å²) in [6.45, 7) is 1.88. The van der Waals surface area contributed by atoms with Gasteiger partial charge in [-0.2, -0.15) is 0 Å². The molecular weight excluding hydrogens is 302 g/mol. The average molecular weight is 319 g/mol. The SMILES string of the molecule is Cl.O=C(NC1CCOC1c1ccc(F)c(F)c1)C1CNC1. The largest absolute Gasteiger partial charge is 0.371 e. The van der Waals surface area contributed by atoms with Crippen molar-refractivity contribution >= 4 is 18.3 Å². The Bertz CT molecular complexity index is 526. The number of ether oxygens (including phenoxy) is 1. The molecule has 2 N–H and O–H groups in total. The molecule has 2 atom stereocenters. The minimum absolute atomic E-state index is 0. The fourth-order valence-corrected chi connectivity index (χ4v) is 2.53. The van der Waals surface area contributed by atoms with E-state index in [1.807, 2.05) is 0 Å². The maximum Gasteiger partial charge on any atom is 0.226 e. The topological polar surface area (TPSA) is 50.4 Å². The van der Waals surface area contributed by atoms with Crippen molar-refractivity contribution < 1.29 is 18.3 Å². The first kappa shape index (κ1) is 16.1. The van der Waals surface area contributed by atoms with Gasteiger partial charge in [-0.15, -0.1) is 12.4 Å². The molecule has 0 aromatic heterocycles. The van der Waals surface area contributed by atoms with Crippen molar-refractivity contribution in [3.63, 3.8) is 0 Å². The van der Waals surface area contributed by atoms with Gasteiger partial charge in [0.15, 0.2) is 11.6 Å². The molecule has 21 heavy (non-hydrogen) atoms. The summed E-state index contributed by atoms with van der Waals surface area (Å²) in [5.74, 6) is -1.79. The van der Waals surface area contributed by atoms with Gasteiger partial charge in [-0.3, -0.25) is 4.79 Å². The Morgan fingerprint density at radius 2 is 2.05 bits per heavy atom. The van der Waals surface area contributed by atoms with Gasteiger partial charge in [0.1, 0.15) is 6.10 Å². The van der Waals surface area contributed by atoms with E-state index in [1.165, 1.54) is 6.07 Å². The third-order valence-electron chi connectivity index (χ3n) is 3.84. The van der Waals surface area contributed by atoms with E-state index in [1.54, 1.807) is 0 Å². The molecule has 2 saturated heterocycles. The lowest BCUT2D eigenvalue weighted by Gasteiger charge is -2.28. The van der Waals surface area contributed by atoms with Crippen LogP contribution in [0.3, 0.4) is 0 Å². The molecule has 0 aliphatic carbocycles. The zero-order valence-electron chi connectivity index (χ0n) is 11.3. The molecule has 2 aliphatic heterocycles. The average Bonchev–Trinajstić information content (AvgIpc) is 2.78. The van der Waals surface area contributed by atoms with Gasteiger partial charge < -0.3 is 15.4 Å². The predicted octanol–water partition coefficient (Wildman–Crippen LogP) is 1.55. The third kappa shape index (κ3) is 3.33. The first-order chi connectivity index (χ1) is 9.65. The first-order valence-electron chi connectivity index (χ1n) is 6.73. The van der Waals surface area contributed by atoms with E-state index < -0.39 is 17.7 Å². The van der Waals surface area contributed by atoms with Crippen molar-refractivity contribution in [2.75, 3.05) is 19.7 Å². The van der Waals surface area contributed by atoms with E-state index in [2.05, 4.69) is 10.6 Å². The monoisotopic (exact) mass is 318 g/mol. The number of benzene rings is 1. The highest BCUT2D eigenvalue weighted by molar-refractivity contribution is 5.85. The molecule has 2 unspecified atom stereocenters. The maximum absolute atomic E-state index is 13.3. The summed E-state index contributed by atoms with van der Waals surface area (Å²) in [5, 5.41) is 5.98. The summed E-state index contributed by atoms with van der Waals surface area (Å²) >= 11 is 0. The van der Waals surface area contributed by atoms with Gasteiger partial charge in [-0.05, 0) is 24.1 Å². The van der Waals surface area contributed by atoms with E-state index in [4.69, 9.17) is 4.74 Å². The minimum Gasteiger partial charge on any atom is -0.371 e. The normalized spacial score (nSPS) is 25.0. The number of carbonyl (C=O) groups is 1. The molecule has 2 aliphatic rings. The van der Waals surface area contributed by atoms with Gasteiger partial charge in [0.25, 0.3) is 0 Å². The fourth-order valence-electron chi connectivity index (χ4n) is 2.53. The van der Waals surface area contributed by atoms with Crippen LogP contribution in [0, 0.1) is 17.6 Å². The van der Waals surface area contributed by atoms with Crippen molar-refractivity contribution in [1.82, 2.24) is 10.6 Å². The molecule has 1 aromatic carbocycles. The van der Waals surface area contributed by atoms with E-state index in [0.29, 0.717) is 31.7 Å². The Labute approximate surface area is 127 Å². The Hall–Kier alpha value is -1.24. The Balaban J connectivity index is 0.00000161. The molecular formula is C14H17ClF2N2O2. The summed E-state index contributed by atoms with van der Waals surface area (Å²) in [4.78, 5) is 11.9. The van der Waals surface area contributed by atoms with Crippen LogP contribution in [0.5, 0.6) is 0 Å². The van der Waals surface area contributed by atoms with Gasteiger partial charge in [0, 0.05) is 19.7 Å². The fraction of sp³-hybridized carbons (Fsp3) is 0.500. The highest BCUT2D eigenvalue weighted by atomic mass is 35.5. The quantitative estimate of drug-likeness (QED) is 0.889. The van der Waals surface area contributed by atoms with E-state index in [0.717, 1.165) is 12.1 Å². The second-order valence-electron chi connectivity index (χ2n) is 5.22. The molecule has 0 spiro atoms. The number of rotatable bonds is 3. The summed E-state index contributed by atoms with van der Waals surface area (Å²) in [5.41, 5.74) is 0.554. The first-order valence-corrected chi connectivity index (χ1v) is 6.73. The number of hydrogen-bond acceptors (Lipinski definition) is 3. The van der Waals surface area contributed by atoms with E-state index >= 15 is 0 Å². The number of halogens is 3. The Morgan fingerprint density at radius 1 is 1.29 bits per heavy atom. The van der Waals surface area contributed by atoms with E-state index in [-0.39, 0.29) is 30.3 Å². The van der Waals surface area contributed by atoms with Crippen molar-refractivity contribution in [3.05, 3.63) is 35.4 Å². The van der Waals surface area contributed by atoms with Crippen molar-refractivity contribution in [2.45, 2.75) is 18.6 Å². The van der Waals surface area contributed by atoms with Crippen molar-refractivity contribution in [3.8, 4) is 0 Å². The molecule has 0 bridgehead atoms. The molecule has 1 amide bonds. The second-order valence-corrected chi connectivity index (χ2v) is 5.22. The Kier molecular flexibility index (Phi) is 5.13. The predicted molar refractivity (Wildman–Crippen MR) is 75.2 cm³/mol. The molecule has 0 saturated carbocycles. The number of carbonyl (C=O) groups excluding carboxylic acids is 1. The van der Waals surface area contributed by atoms with Crippen LogP contribution in [0.25, 0.3) is 0 Å². The number of amides is 1. The van der Waals surface area contributed by atoms with Crippen LogP contribution < -0.4 is 10.6 Å². The van der Waals surface area contributed by atoms with Gasteiger partial charge >= 0.3 is 0 Å². The summed E-state index contributed by atoms with van der Waals surface area (Å²) in [7, 11) is 0. The van der Waals surface area contributed by atoms with Gasteiger partial charge in [0.05, 0.1) is 12.0 Å². The van der Waals surface area contributed by atoms with Crippen LogP contribution >= 0.6 is 12.4 Å². The van der Waals surface area contributed by atoms with Gasteiger partial charge in [0.2, 0.25) is 5.91 Å². The van der Waals surface area contributed by atoms with Crippen LogP contribution in [0.1, 0.15) is 18.1 Å². The lowest BCUT2D eigenvalue weighted by atomic mass is 9.98. The van der Waals surface area contributed by atoms with Crippen LogP contribution in [-0.4, -0.2) is 31.6 Å². The molecule has 116 valence electrons. The standard InChI is InChI=1S/C14H16F2N2O2.ClH/c15-10-2-1-8(5-11(10)16)13-12(3-4-20-13)18-14(19)9-6-17-7-9;/h1-2,5,9,12-13,17H,3-4,6-7H2,(H,18,19);1H. The maximum atomic E-state index is 13.3. The lowest BCUT2D eigenvalue weighted by molar-refractivity contribution is -0.127. The van der Waals surface area contributed by atoms with Crippen molar-refractivity contribution in [1.29, 1.82) is 0 Å². The summed E-state index contributed by atoms with van der Waals surface area (Å²) in [6.07, 6.45) is 0.261. The highest BCUT2D eigenvalue weighted by Gasteiger charge is 2.34. The summed E-state index contributed by atoms with van der Waals surface area (Å²) in [6, 6.07) is 3.53. The van der Waals surface area contributed by atoms with Crippen LogP contribution in [0.15, 0.2) is 18.2 Å². The molecule has 4 nitrogen and oxygen atoms in total. The highest BCUT2D eigenvalue weighted by Crippen LogP contribution is 2.30. The summed E-state index contributed by atoms with van der Waals surface area (Å²) < 4.78 is 31.8. The van der Waals surface area contributed by atoms with E-state index in [9.17, 15) is 13.6 Å².